The van der Waals surface area contributed by atoms with Crippen LogP contribution in [0.3, 0.4) is 0 Å². The molecule has 4 rings (SSSR count). The van der Waals surface area contributed by atoms with E-state index >= 15 is 0 Å². The number of amides is 2. The standard InChI is InChI=1S/C24H24F2N4O3/c1-13(2)12-30-14(3)20(21(27-24(30)31)15-6-5-7-17(25)10-15)23-28-22(29-33-23)16-8-9-19(32-4)18(26)11-16/h5-11,13,21H,12H2,1-4H3,(H,27,31). The molecule has 0 fully saturated rings. The van der Waals surface area contributed by atoms with E-state index in [1.54, 1.807) is 30.0 Å². The Morgan fingerprint density at radius 2 is 2.00 bits per heavy atom. The molecule has 1 N–H and O–H groups in total. The minimum absolute atomic E-state index is 0.103. The second kappa shape index (κ2) is 9.01. The molecule has 1 aliphatic rings. The number of nitrogens with zero attached hydrogens (tertiary/aromatic N) is 3. The minimum Gasteiger partial charge on any atom is -0.494 e. The maximum atomic E-state index is 14.2. The molecule has 1 unspecified atom stereocenters. The van der Waals surface area contributed by atoms with Gasteiger partial charge in [0.1, 0.15) is 5.82 Å². The van der Waals surface area contributed by atoms with Crippen LogP contribution in [-0.4, -0.2) is 34.7 Å². The smallest absolute Gasteiger partial charge is 0.322 e. The van der Waals surface area contributed by atoms with Gasteiger partial charge >= 0.3 is 6.03 Å². The van der Waals surface area contributed by atoms with Crippen LogP contribution in [0.25, 0.3) is 17.0 Å². The molecule has 33 heavy (non-hydrogen) atoms. The quantitative estimate of drug-likeness (QED) is 0.555. The number of halogens is 2. The summed E-state index contributed by atoms with van der Waals surface area (Å²) in [6.07, 6.45) is 0. The summed E-state index contributed by atoms with van der Waals surface area (Å²) in [4.78, 5) is 19.0. The lowest BCUT2D eigenvalue weighted by Gasteiger charge is -2.36. The van der Waals surface area contributed by atoms with Gasteiger partial charge in [-0.2, -0.15) is 4.98 Å². The van der Waals surface area contributed by atoms with Gasteiger partial charge in [-0.1, -0.05) is 31.1 Å². The third kappa shape index (κ3) is 4.44. The Balaban J connectivity index is 1.81. The van der Waals surface area contributed by atoms with Gasteiger partial charge in [-0.3, -0.25) is 4.90 Å². The third-order valence-corrected chi connectivity index (χ3v) is 5.39. The maximum Gasteiger partial charge on any atom is 0.322 e. The zero-order valence-electron chi connectivity index (χ0n) is 18.7. The Hall–Kier alpha value is -3.75. The van der Waals surface area contributed by atoms with Gasteiger partial charge in [0.05, 0.1) is 18.7 Å². The number of benzene rings is 2. The summed E-state index contributed by atoms with van der Waals surface area (Å²) in [6, 6.07) is 9.34. The molecule has 7 nitrogen and oxygen atoms in total. The summed E-state index contributed by atoms with van der Waals surface area (Å²) in [5.41, 5.74) is 2.12. The first-order valence-corrected chi connectivity index (χ1v) is 10.5. The maximum absolute atomic E-state index is 14.2. The number of hydrogen-bond donors (Lipinski definition) is 1. The zero-order valence-corrected chi connectivity index (χ0v) is 18.7. The molecule has 1 aliphatic heterocycles. The largest absolute Gasteiger partial charge is 0.494 e. The third-order valence-electron chi connectivity index (χ3n) is 5.39. The van der Waals surface area contributed by atoms with Crippen LogP contribution in [0.15, 0.2) is 52.7 Å². The highest BCUT2D eigenvalue weighted by molar-refractivity contribution is 5.86. The van der Waals surface area contributed by atoms with Gasteiger partial charge < -0.3 is 14.6 Å². The van der Waals surface area contributed by atoms with E-state index in [2.05, 4.69) is 15.5 Å². The van der Waals surface area contributed by atoms with Gasteiger partial charge in [-0.05, 0) is 48.7 Å². The van der Waals surface area contributed by atoms with Crippen molar-refractivity contribution in [2.75, 3.05) is 13.7 Å². The number of allylic oxidation sites excluding steroid dienone is 1. The van der Waals surface area contributed by atoms with Gasteiger partial charge in [-0.15, -0.1) is 0 Å². The highest BCUT2D eigenvalue weighted by atomic mass is 19.1. The Morgan fingerprint density at radius 3 is 2.67 bits per heavy atom. The number of nitrogens with one attached hydrogen (secondary N) is 1. The van der Waals surface area contributed by atoms with Crippen LogP contribution in [0.2, 0.25) is 0 Å². The van der Waals surface area contributed by atoms with Crippen molar-refractivity contribution in [1.29, 1.82) is 0 Å². The fourth-order valence-corrected chi connectivity index (χ4v) is 3.84. The Kier molecular flexibility index (Phi) is 6.13. The molecule has 0 saturated heterocycles. The lowest BCUT2D eigenvalue weighted by atomic mass is 9.94. The molecule has 9 heteroatoms. The van der Waals surface area contributed by atoms with E-state index in [-0.39, 0.29) is 29.4 Å². The number of rotatable bonds is 6. The van der Waals surface area contributed by atoms with Gasteiger partial charge in [0.2, 0.25) is 5.82 Å². The number of ether oxygens (including phenoxy) is 1. The topological polar surface area (TPSA) is 80.5 Å². The molecule has 2 heterocycles. The van der Waals surface area contributed by atoms with Crippen molar-refractivity contribution >= 4 is 11.6 Å². The van der Waals surface area contributed by atoms with E-state index in [1.807, 2.05) is 13.8 Å². The van der Waals surface area contributed by atoms with Crippen molar-refractivity contribution in [3.8, 4) is 17.1 Å². The molecule has 0 aliphatic carbocycles. The van der Waals surface area contributed by atoms with Crippen molar-refractivity contribution in [1.82, 2.24) is 20.4 Å². The summed E-state index contributed by atoms with van der Waals surface area (Å²) in [7, 11) is 1.38. The SMILES string of the molecule is COc1ccc(-c2noc(C3=C(C)N(CC(C)C)C(=O)NC3c3cccc(F)c3)n2)cc1F. The lowest BCUT2D eigenvalue weighted by Crippen LogP contribution is -2.47. The van der Waals surface area contributed by atoms with E-state index in [0.29, 0.717) is 28.9 Å². The molecule has 0 spiro atoms. The van der Waals surface area contributed by atoms with E-state index in [0.717, 1.165) is 0 Å². The molecule has 2 amide bonds. The molecular weight excluding hydrogens is 430 g/mol. The summed E-state index contributed by atoms with van der Waals surface area (Å²) in [5.74, 6) is -0.339. The number of carbonyl (C=O) groups is 1. The van der Waals surface area contributed by atoms with Crippen LogP contribution >= 0.6 is 0 Å². The normalized spacial score (nSPS) is 16.4. The fraction of sp³-hybridized carbons (Fsp3) is 0.292. The van der Waals surface area contributed by atoms with Crippen LogP contribution in [0.1, 0.15) is 38.3 Å². The predicted molar refractivity (Wildman–Crippen MR) is 118 cm³/mol. The van der Waals surface area contributed by atoms with Crippen molar-refractivity contribution < 1.29 is 22.8 Å². The number of aromatic nitrogens is 2. The molecule has 1 aromatic heterocycles. The first-order valence-electron chi connectivity index (χ1n) is 10.5. The minimum atomic E-state index is -0.697. The summed E-state index contributed by atoms with van der Waals surface area (Å²) in [6.45, 7) is 6.27. The van der Waals surface area contributed by atoms with Crippen LogP contribution in [0.4, 0.5) is 13.6 Å². The van der Waals surface area contributed by atoms with Crippen LogP contribution < -0.4 is 10.1 Å². The highest BCUT2D eigenvalue weighted by Crippen LogP contribution is 2.38. The molecule has 2 aromatic carbocycles. The van der Waals surface area contributed by atoms with Crippen molar-refractivity contribution in [2.24, 2.45) is 5.92 Å². The molecular formula is C24H24F2N4O3. The zero-order chi connectivity index (χ0) is 23.7. The fourth-order valence-electron chi connectivity index (χ4n) is 3.84. The molecule has 0 bridgehead atoms. The number of methoxy groups -OCH3 is 1. The molecule has 172 valence electrons. The second-order valence-corrected chi connectivity index (χ2v) is 8.21. The number of urea groups is 1. The lowest BCUT2D eigenvalue weighted by molar-refractivity contribution is 0.199. The van der Waals surface area contributed by atoms with Gasteiger partial charge in [0.15, 0.2) is 11.6 Å². The summed E-state index contributed by atoms with van der Waals surface area (Å²) < 4.78 is 38.7. The average Bonchev–Trinajstić information content (AvgIpc) is 3.25. The van der Waals surface area contributed by atoms with Gasteiger partial charge in [0, 0.05) is 17.8 Å². The monoisotopic (exact) mass is 454 g/mol. The Labute approximate surface area is 190 Å². The van der Waals surface area contributed by atoms with Gasteiger partial charge in [0.25, 0.3) is 5.89 Å². The van der Waals surface area contributed by atoms with Crippen molar-refractivity contribution in [3.05, 3.63) is 71.3 Å². The van der Waals surface area contributed by atoms with E-state index in [9.17, 15) is 13.6 Å². The first-order chi connectivity index (χ1) is 15.8. The molecule has 0 saturated carbocycles. The molecule has 1 atom stereocenters. The van der Waals surface area contributed by atoms with E-state index < -0.39 is 17.7 Å². The highest BCUT2D eigenvalue weighted by Gasteiger charge is 2.36. The van der Waals surface area contributed by atoms with Gasteiger partial charge in [-0.25, -0.2) is 13.6 Å². The first kappa shape index (κ1) is 22.4. The van der Waals surface area contributed by atoms with Crippen LogP contribution in [0.5, 0.6) is 5.75 Å². The Bertz CT molecular complexity index is 1220. The number of carbonyl (C=O) groups excluding carboxylic acids is 1. The molecule has 0 radical (unpaired) electrons. The predicted octanol–water partition coefficient (Wildman–Crippen LogP) is 5.18. The molecule has 3 aromatic rings. The van der Waals surface area contributed by atoms with Crippen molar-refractivity contribution in [3.63, 3.8) is 0 Å². The number of hydrogen-bond acceptors (Lipinski definition) is 5. The van der Waals surface area contributed by atoms with Crippen LogP contribution in [-0.2, 0) is 0 Å². The summed E-state index contributed by atoms with van der Waals surface area (Å²) >= 11 is 0. The van der Waals surface area contributed by atoms with E-state index in [4.69, 9.17) is 9.26 Å². The average molecular weight is 454 g/mol. The Morgan fingerprint density at radius 1 is 1.21 bits per heavy atom. The van der Waals surface area contributed by atoms with Crippen molar-refractivity contribution in [2.45, 2.75) is 26.8 Å². The summed E-state index contributed by atoms with van der Waals surface area (Å²) in [5, 5.41) is 6.94. The second-order valence-electron chi connectivity index (χ2n) is 8.21. The van der Waals surface area contributed by atoms with Crippen LogP contribution in [0, 0.1) is 17.6 Å². The van der Waals surface area contributed by atoms with E-state index in [1.165, 1.54) is 31.4 Å².